The summed E-state index contributed by atoms with van der Waals surface area (Å²) in [5.74, 6) is 1.08. The van der Waals surface area contributed by atoms with Crippen LogP contribution in [-0.2, 0) is 10.0 Å². The first-order valence-electron chi connectivity index (χ1n) is 9.18. The van der Waals surface area contributed by atoms with E-state index in [2.05, 4.69) is 19.8 Å². The summed E-state index contributed by atoms with van der Waals surface area (Å²) in [5.41, 5.74) is 0.732. The van der Waals surface area contributed by atoms with Crippen molar-refractivity contribution in [2.45, 2.75) is 52.0 Å². The Bertz CT molecular complexity index is 799. The number of rotatable bonds is 7. The van der Waals surface area contributed by atoms with E-state index < -0.39 is 16.1 Å². The number of sulfonamides is 1. The van der Waals surface area contributed by atoms with E-state index in [4.69, 9.17) is 4.52 Å². The van der Waals surface area contributed by atoms with Gasteiger partial charge in [0.15, 0.2) is 0 Å². The van der Waals surface area contributed by atoms with Gasteiger partial charge in [0.05, 0.1) is 5.75 Å². The van der Waals surface area contributed by atoms with Gasteiger partial charge in [0.2, 0.25) is 21.7 Å². The van der Waals surface area contributed by atoms with Crippen LogP contribution >= 0.6 is 0 Å². The first kappa shape index (κ1) is 19.0. The van der Waals surface area contributed by atoms with Crippen molar-refractivity contribution in [2.75, 3.05) is 5.75 Å². The van der Waals surface area contributed by atoms with Crippen molar-refractivity contribution in [1.29, 1.82) is 0 Å². The third-order valence-corrected chi connectivity index (χ3v) is 6.30. The number of nitrogens with zero attached hydrogens (tertiary/aromatic N) is 3. The minimum absolute atomic E-state index is 0.0154. The molecule has 8 heteroatoms. The SMILES string of the molecule is CC(C)C(NS(=O)(=O)CC1CCCCC1)c1nc(-c2cccnc2)no1. The van der Waals surface area contributed by atoms with Crippen molar-refractivity contribution in [2.24, 2.45) is 11.8 Å². The number of hydrogen-bond acceptors (Lipinski definition) is 6. The van der Waals surface area contributed by atoms with E-state index in [1.165, 1.54) is 6.42 Å². The zero-order valence-corrected chi connectivity index (χ0v) is 16.1. The summed E-state index contributed by atoms with van der Waals surface area (Å²) in [5, 5.41) is 3.97. The second kappa shape index (κ2) is 8.26. The molecule has 1 N–H and O–H groups in total. The maximum absolute atomic E-state index is 12.7. The molecular weight excluding hydrogens is 352 g/mol. The minimum Gasteiger partial charge on any atom is -0.337 e. The Morgan fingerprint density at radius 3 is 2.69 bits per heavy atom. The van der Waals surface area contributed by atoms with Gasteiger partial charge < -0.3 is 4.52 Å². The Kier molecular flexibility index (Phi) is 6.03. The standard InChI is InChI=1S/C18H26N4O3S/c1-13(2)16(22-26(23,24)12-14-7-4-3-5-8-14)18-20-17(21-25-18)15-9-6-10-19-11-15/h6,9-11,13-14,16,22H,3-5,7-8,12H2,1-2H3. The Morgan fingerprint density at radius 2 is 2.04 bits per heavy atom. The van der Waals surface area contributed by atoms with Crippen LogP contribution in [0.25, 0.3) is 11.4 Å². The average Bonchev–Trinajstić information content (AvgIpc) is 3.10. The largest absolute Gasteiger partial charge is 0.337 e. The summed E-state index contributed by atoms with van der Waals surface area (Å²) >= 11 is 0. The molecule has 0 bridgehead atoms. The average molecular weight is 378 g/mol. The predicted octanol–water partition coefficient (Wildman–Crippen LogP) is 3.33. The van der Waals surface area contributed by atoms with E-state index in [-0.39, 0.29) is 23.5 Å². The molecule has 2 aromatic rings. The molecular formula is C18H26N4O3S. The first-order chi connectivity index (χ1) is 12.4. The van der Waals surface area contributed by atoms with Crippen molar-refractivity contribution in [3.63, 3.8) is 0 Å². The van der Waals surface area contributed by atoms with Crippen molar-refractivity contribution in [1.82, 2.24) is 19.8 Å². The highest BCUT2D eigenvalue weighted by atomic mass is 32.2. The molecule has 1 atom stereocenters. The van der Waals surface area contributed by atoms with E-state index in [9.17, 15) is 8.42 Å². The van der Waals surface area contributed by atoms with E-state index >= 15 is 0 Å². The lowest BCUT2D eigenvalue weighted by molar-refractivity contribution is 0.310. The van der Waals surface area contributed by atoms with E-state index in [0.29, 0.717) is 5.82 Å². The molecule has 0 saturated heterocycles. The van der Waals surface area contributed by atoms with Crippen LogP contribution in [0.5, 0.6) is 0 Å². The third-order valence-electron chi connectivity index (χ3n) is 4.78. The van der Waals surface area contributed by atoms with Crippen molar-refractivity contribution >= 4 is 10.0 Å². The summed E-state index contributed by atoms with van der Waals surface area (Å²) in [7, 11) is -3.42. The molecule has 2 aromatic heterocycles. The van der Waals surface area contributed by atoms with Crippen molar-refractivity contribution < 1.29 is 12.9 Å². The molecule has 0 aliphatic heterocycles. The summed E-state index contributed by atoms with van der Waals surface area (Å²) in [6, 6.07) is 3.08. The van der Waals surface area contributed by atoms with Crippen LogP contribution in [0.2, 0.25) is 0 Å². The van der Waals surface area contributed by atoms with Crippen LogP contribution in [0.1, 0.15) is 57.9 Å². The zero-order valence-electron chi connectivity index (χ0n) is 15.3. The lowest BCUT2D eigenvalue weighted by Gasteiger charge is -2.24. The van der Waals surface area contributed by atoms with Gasteiger partial charge in [-0.05, 0) is 36.8 Å². The van der Waals surface area contributed by atoms with Crippen LogP contribution in [0, 0.1) is 11.8 Å². The first-order valence-corrected chi connectivity index (χ1v) is 10.8. The summed E-state index contributed by atoms with van der Waals surface area (Å²) in [6.07, 6.45) is 8.72. The molecule has 1 saturated carbocycles. The van der Waals surface area contributed by atoms with Crippen LogP contribution in [-0.4, -0.2) is 29.3 Å². The molecule has 0 amide bonds. The lowest BCUT2D eigenvalue weighted by Crippen LogP contribution is -2.36. The number of nitrogens with one attached hydrogen (secondary N) is 1. The highest BCUT2D eigenvalue weighted by Crippen LogP contribution is 2.27. The smallest absolute Gasteiger partial charge is 0.245 e. The van der Waals surface area contributed by atoms with Crippen LogP contribution in [0.4, 0.5) is 0 Å². The molecule has 0 aromatic carbocycles. The zero-order chi connectivity index (χ0) is 18.6. The maximum Gasteiger partial charge on any atom is 0.245 e. The Morgan fingerprint density at radius 1 is 1.27 bits per heavy atom. The normalized spacial score (nSPS) is 17.5. The predicted molar refractivity (Wildman–Crippen MR) is 98.6 cm³/mol. The topological polar surface area (TPSA) is 98.0 Å². The Labute approximate surface area is 154 Å². The summed E-state index contributed by atoms with van der Waals surface area (Å²) < 4.78 is 33.4. The van der Waals surface area contributed by atoms with Gasteiger partial charge in [0.25, 0.3) is 0 Å². The quantitative estimate of drug-likeness (QED) is 0.793. The van der Waals surface area contributed by atoms with E-state index in [1.54, 1.807) is 18.5 Å². The molecule has 7 nitrogen and oxygen atoms in total. The van der Waals surface area contributed by atoms with Crippen LogP contribution in [0.15, 0.2) is 29.0 Å². The van der Waals surface area contributed by atoms with Gasteiger partial charge >= 0.3 is 0 Å². The molecule has 26 heavy (non-hydrogen) atoms. The minimum atomic E-state index is -3.42. The van der Waals surface area contributed by atoms with Gasteiger partial charge in [-0.25, -0.2) is 13.1 Å². The van der Waals surface area contributed by atoms with E-state index in [0.717, 1.165) is 31.2 Å². The number of pyridine rings is 1. The molecule has 0 radical (unpaired) electrons. The molecule has 1 aliphatic carbocycles. The fourth-order valence-electron chi connectivity index (χ4n) is 3.35. The van der Waals surface area contributed by atoms with E-state index in [1.807, 2.05) is 19.9 Å². The molecule has 142 valence electrons. The molecule has 1 aliphatic rings. The summed E-state index contributed by atoms with van der Waals surface area (Å²) in [6.45, 7) is 3.86. The van der Waals surface area contributed by atoms with Gasteiger partial charge in [-0.2, -0.15) is 4.98 Å². The highest BCUT2D eigenvalue weighted by Gasteiger charge is 2.29. The number of aromatic nitrogens is 3. The second-order valence-corrected chi connectivity index (χ2v) is 9.12. The molecule has 3 rings (SSSR count). The Hall–Kier alpha value is -1.80. The van der Waals surface area contributed by atoms with Gasteiger partial charge in [-0.3, -0.25) is 4.98 Å². The molecule has 2 heterocycles. The molecule has 0 spiro atoms. The fourth-order valence-corrected chi connectivity index (χ4v) is 5.16. The molecule has 1 fully saturated rings. The highest BCUT2D eigenvalue weighted by molar-refractivity contribution is 7.89. The van der Waals surface area contributed by atoms with Crippen molar-refractivity contribution in [3.8, 4) is 11.4 Å². The van der Waals surface area contributed by atoms with Gasteiger partial charge in [-0.1, -0.05) is 38.3 Å². The fraction of sp³-hybridized carbons (Fsp3) is 0.611. The summed E-state index contributed by atoms with van der Waals surface area (Å²) in [4.78, 5) is 8.43. The Balaban J connectivity index is 1.74. The van der Waals surface area contributed by atoms with Gasteiger partial charge in [0, 0.05) is 18.0 Å². The van der Waals surface area contributed by atoms with Gasteiger partial charge in [0.1, 0.15) is 6.04 Å². The maximum atomic E-state index is 12.7. The second-order valence-electron chi connectivity index (χ2n) is 7.32. The monoisotopic (exact) mass is 378 g/mol. The lowest BCUT2D eigenvalue weighted by atomic mass is 9.91. The molecule has 1 unspecified atom stereocenters. The third kappa shape index (κ3) is 4.88. The number of hydrogen-bond donors (Lipinski definition) is 1. The van der Waals surface area contributed by atoms with Gasteiger partial charge in [-0.15, -0.1) is 0 Å². The van der Waals surface area contributed by atoms with Crippen LogP contribution < -0.4 is 4.72 Å². The van der Waals surface area contributed by atoms with Crippen LogP contribution in [0.3, 0.4) is 0 Å². The van der Waals surface area contributed by atoms with Crippen molar-refractivity contribution in [3.05, 3.63) is 30.4 Å².